The van der Waals surface area contributed by atoms with E-state index in [0.29, 0.717) is 39.6 Å². The molecule has 1 unspecified atom stereocenters. The standard InChI is InChI=1S/C19H44N2O6P/c1-7-20(8-2,9-3)13-18-26-28(22)27-19-14-21(10-15-23-4,11-16-24-5)12-17-25-6/h7-19H2,1-6H3/q+3. The molecule has 0 aromatic heterocycles. The Morgan fingerprint density at radius 2 is 0.893 bits per heavy atom. The first-order valence-electron chi connectivity index (χ1n) is 10.4. The Morgan fingerprint density at radius 1 is 0.571 bits per heavy atom. The van der Waals surface area contributed by atoms with Gasteiger partial charge in [0.05, 0.1) is 39.5 Å². The highest BCUT2D eigenvalue weighted by atomic mass is 31.1. The highest BCUT2D eigenvalue weighted by Gasteiger charge is 2.31. The van der Waals surface area contributed by atoms with Crippen molar-refractivity contribution in [3.05, 3.63) is 0 Å². The minimum Gasteiger partial charge on any atom is -0.379 e. The molecule has 0 saturated heterocycles. The molecule has 0 rings (SSSR count). The van der Waals surface area contributed by atoms with Gasteiger partial charge >= 0.3 is 8.25 Å². The summed E-state index contributed by atoms with van der Waals surface area (Å²) in [5.41, 5.74) is 0. The molecule has 0 saturated carbocycles. The van der Waals surface area contributed by atoms with Gasteiger partial charge < -0.3 is 23.2 Å². The maximum atomic E-state index is 12.1. The summed E-state index contributed by atoms with van der Waals surface area (Å²) < 4.78 is 40.6. The second-order valence-electron chi connectivity index (χ2n) is 7.12. The lowest BCUT2D eigenvalue weighted by Crippen LogP contribution is -2.55. The van der Waals surface area contributed by atoms with E-state index in [9.17, 15) is 4.57 Å². The van der Waals surface area contributed by atoms with Gasteiger partial charge in [0.2, 0.25) is 0 Å². The van der Waals surface area contributed by atoms with Crippen LogP contribution in [-0.2, 0) is 27.8 Å². The quantitative estimate of drug-likeness (QED) is 0.220. The fourth-order valence-corrected chi connectivity index (χ4v) is 3.86. The Balaban J connectivity index is 4.52. The van der Waals surface area contributed by atoms with Gasteiger partial charge in [-0.05, 0) is 20.8 Å². The number of quaternary nitrogens is 2. The van der Waals surface area contributed by atoms with Crippen LogP contribution in [0.4, 0.5) is 0 Å². The van der Waals surface area contributed by atoms with E-state index in [0.717, 1.165) is 54.8 Å². The summed E-state index contributed by atoms with van der Waals surface area (Å²) in [6.07, 6.45) is 0. The molecule has 0 aliphatic rings. The maximum absolute atomic E-state index is 12.1. The molecule has 168 valence electrons. The van der Waals surface area contributed by atoms with Crippen LogP contribution < -0.4 is 0 Å². The molecule has 0 bridgehead atoms. The van der Waals surface area contributed by atoms with Gasteiger partial charge in [-0.2, -0.15) is 0 Å². The fourth-order valence-electron chi connectivity index (χ4n) is 3.33. The zero-order chi connectivity index (χ0) is 21.3. The molecular weight excluding hydrogens is 383 g/mol. The first kappa shape index (κ1) is 27.8. The summed E-state index contributed by atoms with van der Waals surface area (Å²) in [5, 5.41) is 0. The molecule has 9 heteroatoms. The smallest absolute Gasteiger partial charge is 0.379 e. The SMILES string of the molecule is CC[N+](CC)(CC)CCO[P+](=O)OCC[N+](CCOC)(CCOC)CCOC. The van der Waals surface area contributed by atoms with Gasteiger partial charge in [-0.1, -0.05) is 0 Å². The molecule has 1 atom stereocenters. The number of nitrogens with zero attached hydrogens (tertiary/aromatic N) is 2. The van der Waals surface area contributed by atoms with Crippen LogP contribution in [0.15, 0.2) is 0 Å². The Labute approximate surface area is 173 Å². The van der Waals surface area contributed by atoms with Crippen LogP contribution >= 0.6 is 8.25 Å². The molecule has 0 heterocycles. The molecule has 0 aliphatic heterocycles. The number of rotatable bonds is 20. The zero-order valence-electron chi connectivity index (χ0n) is 19.0. The van der Waals surface area contributed by atoms with E-state index in [4.69, 9.17) is 23.3 Å². The molecule has 0 aliphatic carbocycles. The van der Waals surface area contributed by atoms with Crippen molar-refractivity contribution in [2.75, 3.05) is 107 Å². The van der Waals surface area contributed by atoms with Crippen LogP contribution in [0.1, 0.15) is 20.8 Å². The number of hydrogen-bond acceptors (Lipinski definition) is 6. The lowest BCUT2D eigenvalue weighted by atomic mass is 10.3. The normalized spacial score (nSPS) is 13.1. The van der Waals surface area contributed by atoms with Crippen molar-refractivity contribution in [3.8, 4) is 0 Å². The van der Waals surface area contributed by atoms with Gasteiger partial charge in [-0.3, -0.25) is 0 Å². The van der Waals surface area contributed by atoms with E-state index in [2.05, 4.69) is 20.8 Å². The molecule has 0 fully saturated rings. The topological polar surface area (TPSA) is 63.2 Å². The van der Waals surface area contributed by atoms with Crippen LogP contribution in [0.5, 0.6) is 0 Å². The van der Waals surface area contributed by atoms with E-state index in [1.54, 1.807) is 21.3 Å². The van der Waals surface area contributed by atoms with E-state index in [-0.39, 0.29) is 0 Å². The van der Waals surface area contributed by atoms with Crippen molar-refractivity contribution in [2.45, 2.75) is 20.8 Å². The third kappa shape index (κ3) is 11.1. The van der Waals surface area contributed by atoms with E-state index in [1.807, 2.05) is 0 Å². The highest BCUT2D eigenvalue weighted by Crippen LogP contribution is 2.24. The molecule has 0 radical (unpaired) electrons. The number of likely N-dealkylation sites (N-methyl/N-ethyl adjacent to an activating group) is 1. The summed E-state index contributed by atoms with van der Waals surface area (Å²) in [6.45, 7) is 16.5. The number of hydrogen-bond donors (Lipinski definition) is 0. The molecule has 0 aromatic rings. The summed E-state index contributed by atoms with van der Waals surface area (Å²) in [5.74, 6) is 0. The molecule has 0 spiro atoms. The Kier molecular flexibility index (Phi) is 16.5. The van der Waals surface area contributed by atoms with E-state index < -0.39 is 8.25 Å². The summed E-state index contributed by atoms with van der Waals surface area (Å²) in [7, 11) is 2.99. The summed E-state index contributed by atoms with van der Waals surface area (Å²) in [4.78, 5) is 0. The van der Waals surface area contributed by atoms with Crippen molar-refractivity contribution >= 4 is 8.25 Å². The predicted octanol–water partition coefficient (Wildman–Crippen LogP) is 2.31. The highest BCUT2D eigenvalue weighted by molar-refractivity contribution is 7.33. The minimum atomic E-state index is -2.10. The largest absolute Gasteiger partial charge is 0.697 e. The molecule has 0 aromatic carbocycles. The second kappa shape index (κ2) is 16.6. The summed E-state index contributed by atoms with van der Waals surface area (Å²) >= 11 is 0. The van der Waals surface area contributed by atoms with Crippen molar-refractivity contribution in [1.82, 2.24) is 0 Å². The van der Waals surface area contributed by atoms with Gasteiger partial charge in [-0.25, -0.2) is 0 Å². The van der Waals surface area contributed by atoms with E-state index in [1.165, 1.54) is 0 Å². The zero-order valence-corrected chi connectivity index (χ0v) is 19.9. The maximum Gasteiger partial charge on any atom is 0.697 e. The van der Waals surface area contributed by atoms with Crippen LogP contribution in [0.3, 0.4) is 0 Å². The Hall–Kier alpha value is -0.180. The van der Waals surface area contributed by atoms with Crippen LogP contribution in [0.25, 0.3) is 0 Å². The van der Waals surface area contributed by atoms with Gasteiger partial charge in [0, 0.05) is 25.9 Å². The van der Waals surface area contributed by atoms with Crippen molar-refractivity contribution < 1.29 is 36.8 Å². The van der Waals surface area contributed by atoms with Gasteiger partial charge in [0.15, 0.2) is 13.2 Å². The molecule has 0 N–H and O–H groups in total. The molecular formula is C19H44N2O6P+3. The minimum absolute atomic E-state index is 0.363. The lowest BCUT2D eigenvalue weighted by Gasteiger charge is -2.37. The van der Waals surface area contributed by atoms with Crippen molar-refractivity contribution in [2.24, 2.45) is 0 Å². The average Bonchev–Trinajstić information content (AvgIpc) is 2.72. The second-order valence-corrected chi connectivity index (χ2v) is 8.08. The number of ether oxygens (including phenoxy) is 3. The third-order valence-electron chi connectivity index (χ3n) is 5.85. The van der Waals surface area contributed by atoms with Crippen LogP contribution in [0.2, 0.25) is 0 Å². The first-order chi connectivity index (χ1) is 13.5. The lowest BCUT2D eigenvalue weighted by molar-refractivity contribution is -0.929. The van der Waals surface area contributed by atoms with Gasteiger partial charge in [0.1, 0.15) is 32.7 Å². The van der Waals surface area contributed by atoms with Crippen LogP contribution in [0, 0.1) is 0 Å². The fraction of sp³-hybridized carbons (Fsp3) is 1.00. The predicted molar refractivity (Wildman–Crippen MR) is 112 cm³/mol. The van der Waals surface area contributed by atoms with Crippen molar-refractivity contribution in [1.29, 1.82) is 0 Å². The third-order valence-corrected chi connectivity index (χ3v) is 6.63. The molecule has 8 nitrogen and oxygen atoms in total. The average molecular weight is 428 g/mol. The van der Waals surface area contributed by atoms with Crippen LogP contribution in [-0.4, -0.2) is 116 Å². The first-order valence-corrected chi connectivity index (χ1v) is 11.5. The monoisotopic (exact) mass is 427 g/mol. The van der Waals surface area contributed by atoms with Crippen molar-refractivity contribution in [3.63, 3.8) is 0 Å². The van der Waals surface area contributed by atoms with Gasteiger partial charge in [-0.15, -0.1) is 9.05 Å². The molecule has 28 heavy (non-hydrogen) atoms. The summed E-state index contributed by atoms with van der Waals surface area (Å²) in [6, 6.07) is 0. The molecule has 0 amide bonds. The Bertz CT molecular complexity index is 367. The van der Waals surface area contributed by atoms with Gasteiger partial charge in [0.25, 0.3) is 0 Å². The number of methoxy groups -OCH3 is 3. The van der Waals surface area contributed by atoms with E-state index >= 15 is 0 Å². The Morgan fingerprint density at radius 3 is 1.21 bits per heavy atom.